The fourth-order valence-electron chi connectivity index (χ4n) is 4.02. The van der Waals surface area contributed by atoms with Crippen molar-refractivity contribution < 1.29 is 38.2 Å². The molecule has 0 atom stereocenters. The highest BCUT2D eigenvalue weighted by Gasteiger charge is 2.37. The highest BCUT2D eigenvalue weighted by atomic mass is 16.5. The maximum Gasteiger partial charge on any atom is 0.337 e. The summed E-state index contributed by atoms with van der Waals surface area (Å²) in [6, 6.07) is 15.0. The minimum Gasteiger partial charge on any atom is -0.493 e. The second-order valence-corrected chi connectivity index (χ2v) is 9.06. The number of carbonyl (C=O) groups is 5. The molecule has 0 bridgehead atoms. The van der Waals surface area contributed by atoms with Gasteiger partial charge in [0.2, 0.25) is 0 Å². The van der Waals surface area contributed by atoms with Crippen LogP contribution in [0.3, 0.4) is 0 Å². The SMILES string of the molecule is COC(=O)c1ccc(N2C(=O)NC(=O)/C(=C/c3ccc(OCC(=O)Nc4cc(C)ccc4C)c(OC)c3)C2=O)cc1. The standard InChI is InChI=1S/C30H27N3O8/c1-17-5-6-18(2)23(13-17)31-26(34)16-41-24-12-7-19(15-25(24)39-3)14-22-27(35)32-30(38)33(28(22)36)21-10-8-20(9-11-21)29(37)40-4/h5-15H,16H2,1-4H3,(H,31,34)(H,32,35,38)/b22-14-. The Morgan fingerprint density at radius 1 is 0.927 bits per heavy atom. The van der Waals surface area contributed by atoms with Crippen LogP contribution in [0, 0.1) is 13.8 Å². The van der Waals surface area contributed by atoms with Gasteiger partial charge in [-0.05, 0) is 79.1 Å². The Hall–Kier alpha value is -5.45. The number of barbiturate groups is 1. The average molecular weight is 558 g/mol. The molecule has 1 aliphatic rings. The zero-order chi connectivity index (χ0) is 29.7. The van der Waals surface area contributed by atoms with Gasteiger partial charge >= 0.3 is 12.0 Å². The number of rotatable bonds is 8. The molecule has 2 N–H and O–H groups in total. The van der Waals surface area contributed by atoms with Gasteiger partial charge in [0.1, 0.15) is 5.57 Å². The fraction of sp³-hybridized carbons (Fsp3) is 0.167. The molecule has 11 heteroatoms. The number of imide groups is 2. The molecule has 0 spiro atoms. The molecule has 4 rings (SSSR count). The van der Waals surface area contributed by atoms with Crippen molar-refractivity contribution in [2.24, 2.45) is 0 Å². The van der Waals surface area contributed by atoms with E-state index >= 15 is 0 Å². The summed E-state index contributed by atoms with van der Waals surface area (Å²) in [5, 5.41) is 4.96. The number of nitrogens with zero attached hydrogens (tertiary/aromatic N) is 1. The van der Waals surface area contributed by atoms with E-state index in [1.165, 1.54) is 56.7 Å². The van der Waals surface area contributed by atoms with Crippen molar-refractivity contribution in [3.8, 4) is 11.5 Å². The van der Waals surface area contributed by atoms with Crippen LogP contribution in [0.5, 0.6) is 11.5 Å². The van der Waals surface area contributed by atoms with Crippen LogP contribution in [0.25, 0.3) is 6.08 Å². The lowest BCUT2D eigenvalue weighted by Crippen LogP contribution is -2.54. The first kappa shape index (κ1) is 28.6. The number of ether oxygens (including phenoxy) is 3. The molecule has 1 fully saturated rings. The lowest BCUT2D eigenvalue weighted by Gasteiger charge is -2.26. The first-order valence-electron chi connectivity index (χ1n) is 12.4. The Kier molecular flexibility index (Phi) is 8.47. The largest absolute Gasteiger partial charge is 0.493 e. The molecule has 0 unspecified atom stereocenters. The van der Waals surface area contributed by atoms with Crippen LogP contribution in [0.15, 0.2) is 66.2 Å². The predicted molar refractivity (Wildman–Crippen MR) is 150 cm³/mol. The zero-order valence-corrected chi connectivity index (χ0v) is 22.8. The molecule has 1 saturated heterocycles. The van der Waals surface area contributed by atoms with Gasteiger partial charge in [-0.2, -0.15) is 0 Å². The lowest BCUT2D eigenvalue weighted by molar-refractivity contribution is -0.122. The van der Waals surface area contributed by atoms with E-state index in [1.54, 1.807) is 6.07 Å². The Balaban J connectivity index is 1.51. The van der Waals surface area contributed by atoms with Gasteiger partial charge in [-0.15, -0.1) is 0 Å². The zero-order valence-electron chi connectivity index (χ0n) is 22.8. The molecule has 0 saturated carbocycles. The van der Waals surface area contributed by atoms with Gasteiger partial charge in [0, 0.05) is 5.69 Å². The van der Waals surface area contributed by atoms with Crippen molar-refractivity contribution in [2.75, 3.05) is 31.0 Å². The highest BCUT2D eigenvalue weighted by molar-refractivity contribution is 6.39. The maximum absolute atomic E-state index is 13.2. The van der Waals surface area contributed by atoms with Crippen molar-refractivity contribution in [2.45, 2.75) is 13.8 Å². The molecule has 1 heterocycles. The average Bonchev–Trinajstić information content (AvgIpc) is 2.96. The number of anilines is 2. The molecule has 0 radical (unpaired) electrons. The first-order valence-corrected chi connectivity index (χ1v) is 12.4. The number of esters is 1. The Bertz CT molecular complexity index is 1580. The number of amides is 5. The van der Waals surface area contributed by atoms with Gasteiger partial charge in [0.25, 0.3) is 17.7 Å². The van der Waals surface area contributed by atoms with Gasteiger partial charge in [0.05, 0.1) is 25.5 Å². The summed E-state index contributed by atoms with van der Waals surface area (Å²) in [6.07, 6.45) is 1.31. The molecule has 210 valence electrons. The third-order valence-corrected chi connectivity index (χ3v) is 6.17. The summed E-state index contributed by atoms with van der Waals surface area (Å²) in [4.78, 5) is 63.2. The van der Waals surface area contributed by atoms with Gasteiger partial charge in [-0.25, -0.2) is 14.5 Å². The van der Waals surface area contributed by atoms with E-state index in [4.69, 9.17) is 9.47 Å². The van der Waals surface area contributed by atoms with Gasteiger partial charge < -0.3 is 19.5 Å². The molecule has 3 aromatic carbocycles. The molecular weight excluding hydrogens is 530 g/mol. The van der Waals surface area contributed by atoms with Gasteiger partial charge in [0.15, 0.2) is 18.1 Å². The number of nitrogens with one attached hydrogen (secondary N) is 2. The van der Waals surface area contributed by atoms with Crippen LogP contribution < -0.4 is 25.0 Å². The Labute approximate surface area is 235 Å². The number of methoxy groups -OCH3 is 2. The van der Waals surface area contributed by atoms with E-state index < -0.39 is 23.8 Å². The third kappa shape index (κ3) is 6.41. The number of hydrogen-bond donors (Lipinski definition) is 2. The van der Waals surface area contributed by atoms with E-state index in [0.717, 1.165) is 16.0 Å². The molecule has 0 aliphatic carbocycles. The monoisotopic (exact) mass is 557 g/mol. The molecule has 41 heavy (non-hydrogen) atoms. The molecular formula is C30H27N3O8. The van der Waals surface area contributed by atoms with Crippen LogP contribution in [-0.4, -0.2) is 50.5 Å². The summed E-state index contributed by atoms with van der Waals surface area (Å²) in [7, 11) is 2.64. The van der Waals surface area contributed by atoms with Gasteiger partial charge in [-0.3, -0.25) is 19.7 Å². The molecule has 5 amide bonds. The van der Waals surface area contributed by atoms with Crippen LogP contribution in [0.4, 0.5) is 16.2 Å². The van der Waals surface area contributed by atoms with Crippen molar-refractivity contribution in [1.29, 1.82) is 0 Å². The number of urea groups is 1. The fourth-order valence-corrected chi connectivity index (χ4v) is 4.02. The second-order valence-electron chi connectivity index (χ2n) is 9.06. The van der Waals surface area contributed by atoms with E-state index in [1.807, 2.05) is 32.0 Å². The third-order valence-electron chi connectivity index (χ3n) is 6.17. The van der Waals surface area contributed by atoms with Crippen LogP contribution >= 0.6 is 0 Å². The normalized spacial score (nSPS) is 14.0. The summed E-state index contributed by atoms with van der Waals surface area (Å²) in [6.45, 7) is 3.53. The smallest absolute Gasteiger partial charge is 0.337 e. The summed E-state index contributed by atoms with van der Waals surface area (Å²) < 4.78 is 15.7. The quantitative estimate of drug-likeness (QED) is 0.242. The van der Waals surface area contributed by atoms with Crippen molar-refractivity contribution >= 4 is 47.2 Å². The summed E-state index contributed by atoms with van der Waals surface area (Å²) in [5.41, 5.74) is 3.10. The van der Waals surface area contributed by atoms with E-state index in [-0.39, 0.29) is 40.8 Å². The topological polar surface area (TPSA) is 140 Å². The summed E-state index contributed by atoms with van der Waals surface area (Å²) in [5.74, 6) is -2.13. The Morgan fingerprint density at radius 3 is 2.34 bits per heavy atom. The van der Waals surface area contributed by atoms with Crippen molar-refractivity contribution in [3.63, 3.8) is 0 Å². The molecule has 0 aromatic heterocycles. The molecule has 3 aromatic rings. The number of aryl methyl sites for hydroxylation is 2. The van der Waals surface area contributed by atoms with Crippen molar-refractivity contribution in [1.82, 2.24) is 5.32 Å². The number of hydrogen-bond acceptors (Lipinski definition) is 8. The minimum atomic E-state index is -0.927. The van der Waals surface area contributed by atoms with Crippen LogP contribution in [-0.2, 0) is 19.1 Å². The van der Waals surface area contributed by atoms with Gasteiger partial charge in [-0.1, -0.05) is 18.2 Å². The maximum atomic E-state index is 13.2. The molecule has 11 nitrogen and oxygen atoms in total. The minimum absolute atomic E-state index is 0.152. The molecule has 1 aliphatic heterocycles. The van der Waals surface area contributed by atoms with Crippen LogP contribution in [0.1, 0.15) is 27.0 Å². The van der Waals surface area contributed by atoms with E-state index in [2.05, 4.69) is 15.4 Å². The second kappa shape index (κ2) is 12.2. The summed E-state index contributed by atoms with van der Waals surface area (Å²) >= 11 is 0. The number of benzene rings is 3. The van der Waals surface area contributed by atoms with E-state index in [0.29, 0.717) is 11.3 Å². The van der Waals surface area contributed by atoms with E-state index in [9.17, 15) is 24.0 Å². The van der Waals surface area contributed by atoms with Crippen molar-refractivity contribution in [3.05, 3.63) is 88.5 Å². The predicted octanol–water partition coefficient (Wildman–Crippen LogP) is 3.78. The first-order chi connectivity index (χ1) is 19.6. The highest BCUT2D eigenvalue weighted by Crippen LogP contribution is 2.30. The lowest BCUT2D eigenvalue weighted by atomic mass is 10.1. The van der Waals surface area contributed by atoms with Crippen LogP contribution in [0.2, 0.25) is 0 Å². The number of carbonyl (C=O) groups excluding carboxylic acids is 5. The Morgan fingerprint density at radius 2 is 1.66 bits per heavy atom.